The van der Waals surface area contributed by atoms with Crippen molar-refractivity contribution in [1.29, 1.82) is 0 Å². The molecule has 0 saturated heterocycles. The van der Waals surface area contributed by atoms with Crippen molar-refractivity contribution in [3.63, 3.8) is 0 Å². The minimum Gasteiger partial charge on any atom is -0.363 e. The number of nitrogens with two attached hydrogens (primary N) is 1. The molecule has 0 aliphatic heterocycles. The predicted molar refractivity (Wildman–Crippen MR) is 89.2 cm³/mol. The molecule has 0 aromatic carbocycles. The van der Waals surface area contributed by atoms with E-state index in [-0.39, 0.29) is 22.9 Å². The average Bonchev–Trinajstić information content (AvgIpc) is 3.18. The number of aromatic nitrogens is 6. The van der Waals surface area contributed by atoms with Crippen molar-refractivity contribution in [2.75, 3.05) is 19.0 Å². The Labute approximate surface area is 151 Å². The van der Waals surface area contributed by atoms with Crippen LogP contribution < -0.4 is 10.6 Å². The number of primary amides is 1. The van der Waals surface area contributed by atoms with E-state index in [1.807, 2.05) is 0 Å². The van der Waals surface area contributed by atoms with Gasteiger partial charge in [-0.2, -0.15) is 18.3 Å². The fraction of sp³-hybridized carbons (Fsp3) is 0.267. The maximum Gasteiger partial charge on any atom is 0.435 e. The van der Waals surface area contributed by atoms with E-state index in [9.17, 15) is 18.0 Å². The van der Waals surface area contributed by atoms with Gasteiger partial charge in [-0.05, 0) is 12.1 Å². The van der Waals surface area contributed by atoms with Crippen molar-refractivity contribution in [2.45, 2.75) is 6.18 Å². The lowest BCUT2D eigenvalue weighted by Crippen LogP contribution is -2.17. The van der Waals surface area contributed by atoms with Crippen molar-refractivity contribution in [3.8, 4) is 17.1 Å². The first-order chi connectivity index (χ1) is 12.6. The lowest BCUT2D eigenvalue weighted by atomic mass is 10.2. The number of rotatable bonds is 4. The zero-order valence-electron chi connectivity index (χ0n) is 14.6. The lowest BCUT2D eigenvalue weighted by molar-refractivity contribution is -0.140. The van der Waals surface area contributed by atoms with Crippen molar-refractivity contribution in [2.24, 2.45) is 12.8 Å². The summed E-state index contributed by atoms with van der Waals surface area (Å²) in [6, 6.07) is 3.10. The molecule has 0 spiro atoms. The summed E-state index contributed by atoms with van der Waals surface area (Å²) in [6.07, 6.45) is -2.43. The average molecular weight is 380 g/mol. The number of hydrogen-bond acceptors (Lipinski definition) is 6. The van der Waals surface area contributed by atoms with Gasteiger partial charge in [0.15, 0.2) is 23.2 Å². The Bertz CT molecular complexity index is 988. The van der Waals surface area contributed by atoms with Crippen molar-refractivity contribution in [3.05, 3.63) is 36.0 Å². The maximum atomic E-state index is 13.5. The van der Waals surface area contributed by atoms with Gasteiger partial charge in [-0.1, -0.05) is 0 Å². The van der Waals surface area contributed by atoms with Gasteiger partial charge in [0, 0.05) is 27.3 Å². The van der Waals surface area contributed by atoms with Gasteiger partial charge in [-0.15, -0.1) is 10.2 Å². The third kappa shape index (κ3) is 3.32. The quantitative estimate of drug-likeness (QED) is 0.730. The number of nitrogens with zero attached hydrogens (tertiary/aromatic N) is 7. The number of carbonyl (C=O) groups excluding carboxylic acids is 1. The molecule has 27 heavy (non-hydrogen) atoms. The molecule has 12 heteroatoms. The molecule has 3 rings (SSSR count). The van der Waals surface area contributed by atoms with E-state index in [4.69, 9.17) is 5.73 Å². The lowest BCUT2D eigenvalue weighted by Gasteiger charge is -2.09. The second-order valence-corrected chi connectivity index (χ2v) is 5.87. The summed E-state index contributed by atoms with van der Waals surface area (Å²) in [7, 11) is 4.91. The molecule has 0 unspecified atom stereocenters. The van der Waals surface area contributed by atoms with E-state index in [1.54, 1.807) is 25.1 Å². The second kappa shape index (κ2) is 6.37. The van der Waals surface area contributed by atoms with Crippen LogP contribution in [0.1, 0.15) is 16.3 Å². The second-order valence-electron chi connectivity index (χ2n) is 5.87. The molecule has 3 aromatic rings. The highest BCUT2D eigenvalue weighted by molar-refractivity contribution is 5.90. The van der Waals surface area contributed by atoms with Crippen LogP contribution in [0.2, 0.25) is 0 Å². The summed E-state index contributed by atoms with van der Waals surface area (Å²) in [4.78, 5) is 16.8. The van der Waals surface area contributed by atoms with E-state index >= 15 is 0 Å². The van der Waals surface area contributed by atoms with Gasteiger partial charge in [0.1, 0.15) is 0 Å². The summed E-state index contributed by atoms with van der Waals surface area (Å²) >= 11 is 0. The van der Waals surface area contributed by atoms with Crippen LogP contribution in [-0.4, -0.2) is 49.5 Å². The number of alkyl halides is 3. The Balaban J connectivity index is 2.13. The molecule has 2 N–H and O–H groups in total. The van der Waals surface area contributed by atoms with Crippen LogP contribution in [0.25, 0.3) is 17.1 Å². The van der Waals surface area contributed by atoms with Crippen LogP contribution >= 0.6 is 0 Å². The van der Waals surface area contributed by atoms with Crippen LogP contribution in [0.3, 0.4) is 0 Å². The fourth-order valence-electron chi connectivity index (χ4n) is 2.46. The van der Waals surface area contributed by atoms with Gasteiger partial charge in [0.2, 0.25) is 0 Å². The normalized spacial score (nSPS) is 11.6. The van der Waals surface area contributed by atoms with Crippen LogP contribution in [-0.2, 0) is 13.2 Å². The molecule has 3 heterocycles. The van der Waals surface area contributed by atoms with Crippen molar-refractivity contribution < 1.29 is 18.0 Å². The first-order valence-electron chi connectivity index (χ1n) is 7.59. The summed E-state index contributed by atoms with van der Waals surface area (Å²) in [5.41, 5.74) is 3.82. The molecule has 0 radical (unpaired) electrons. The molecule has 0 fully saturated rings. The first kappa shape index (κ1) is 18.4. The zero-order chi connectivity index (χ0) is 19.9. The Morgan fingerprint density at radius 1 is 1.22 bits per heavy atom. The Morgan fingerprint density at radius 2 is 1.93 bits per heavy atom. The van der Waals surface area contributed by atoms with Gasteiger partial charge >= 0.3 is 6.18 Å². The number of amides is 1. The molecule has 3 aromatic heterocycles. The molecule has 0 aliphatic carbocycles. The van der Waals surface area contributed by atoms with Crippen LogP contribution in [0, 0.1) is 0 Å². The van der Waals surface area contributed by atoms with E-state index in [0.29, 0.717) is 5.82 Å². The van der Waals surface area contributed by atoms with Gasteiger partial charge < -0.3 is 15.2 Å². The molecular weight excluding hydrogens is 365 g/mol. The van der Waals surface area contributed by atoms with Crippen LogP contribution in [0.4, 0.5) is 19.0 Å². The number of anilines is 1. The summed E-state index contributed by atoms with van der Waals surface area (Å²) < 4.78 is 42.6. The van der Waals surface area contributed by atoms with Gasteiger partial charge in [-0.25, -0.2) is 9.67 Å². The first-order valence-corrected chi connectivity index (χ1v) is 7.59. The van der Waals surface area contributed by atoms with Gasteiger partial charge in [-0.3, -0.25) is 4.79 Å². The van der Waals surface area contributed by atoms with E-state index in [2.05, 4.69) is 20.3 Å². The summed E-state index contributed by atoms with van der Waals surface area (Å²) in [6.45, 7) is 0. The fourth-order valence-corrected chi connectivity index (χ4v) is 2.46. The van der Waals surface area contributed by atoms with Crippen molar-refractivity contribution in [1.82, 2.24) is 29.5 Å². The Morgan fingerprint density at radius 3 is 2.41 bits per heavy atom. The highest BCUT2D eigenvalue weighted by Crippen LogP contribution is 2.36. The number of carbonyl (C=O) groups is 1. The summed E-state index contributed by atoms with van der Waals surface area (Å²) in [5.74, 6) is -0.370. The standard InChI is InChI=1S/C15H15F3N8O/c1-24(2)10-4-5-11(22-21-10)26-7-8(12(23-26)15(16,17)18)9-6-20-14(13(19)27)25(9)3/h4-7H,1-3H3,(H2,19,27). The van der Waals surface area contributed by atoms with E-state index < -0.39 is 17.8 Å². The Hall–Kier alpha value is -3.44. The van der Waals surface area contributed by atoms with Crippen molar-refractivity contribution >= 4 is 11.7 Å². The third-order valence-electron chi connectivity index (χ3n) is 3.80. The monoisotopic (exact) mass is 380 g/mol. The molecule has 0 aliphatic rings. The minimum atomic E-state index is -4.73. The SMILES string of the molecule is CN(C)c1ccc(-n2cc(-c3cnc(C(N)=O)n3C)c(C(F)(F)F)n2)nn1. The van der Waals surface area contributed by atoms with Crippen LogP contribution in [0.15, 0.2) is 24.5 Å². The largest absolute Gasteiger partial charge is 0.435 e. The molecule has 0 saturated carbocycles. The van der Waals surface area contributed by atoms with E-state index in [0.717, 1.165) is 17.1 Å². The molecule has 1 amide bonds. The molecule has 0 bridgehead atoms. The maximum absolute atomic E-state index is 13.5. The number of imidazole rings is 1. The molecule has 0 atom stereocenters. The highest BCUT2D eigenvalue weighted by atomic mass is 19.4. The van der Waals surface area contributed by atoms with Gasteiger partial charge in [0.05, 0.1) is 17.5 Å². The molecular formula is C15H15F3N8O. The Kier molecular flexibility index (Phi) is 4.33. The minimum absolute atomic E-state index is 0.0419. The number of halogens is 3. The molecule has 9 nitrogen and oxygen atoms in total. The van der Waals surface area contributed by atoms with Gasteiger partial charge in [0.25, 0.3) is 5.91 Å². The summed E-state index contributed by atoms with van der Waals surface area (Å²) in [5, 5.41) is 11.4. The van der Waals surface area contributed by atoms with E-state index in [1.165, 1.54) is 17.7 Å². The van der Waals surface area contributed by atoms with Crippen LogP contribution in [0.5, 0.6) is 0 Å². The molecule has 142 valence electrons. The topological polar surface area (TPSA) is 108 Å². The third-order valence-corrected chi connectivity index (χ3v) is 3.80. The smallest absolute Gasteiger partial charge is 0.363 e. The zero-order valence-corrected chi connectivity index (χ0v) is 14.6. The number of hydrogen-bond donors (Lipinski definition) is 1. The predicted octanol–water partition coefficient (Wildman–Crippen LogP) is 1.25. The highest BCUT2D eigenvalue weighted by Gasteiger charge is 2.38.